The molecular formula is C36H36BrN8O6P3. The predicted octanol–water partition coefficient (Wildman–Crippen LogP) is 9.54. The van der Waals surface area contributed by atoms with E-state index in [9.17, 15) is 0 Å². The van der Waals surface area contributed by atoms with Gasteiger partial charge in [-0.2, -0.15) is 0 Å². The molecule has 1 unspecified atom stereocenters. The van der Waals surface area contributed by atoms with E-state index in [-0.39, 0.29) is 17.2 Å². The van der Waals surface area contributed by atoms with E-state index in [0.29, 0.717) is 45.7 Å². The summed E-state index contributed by atoms with van der Waals surface area (Å²) in [7, 11) is -10.0. The first-order valence-corrected chi connectivity index (χ1v) is 21.4. The normalized spacial score (nSPS) is 16.8. The van der Waals surface area contributed by atoms with Crippen molar-refractivity contribution in [3.8, 4) is 34.5 Å². The maximum atomic E-state index is 7.17. The van der Waals surface area contributed by atoms with Gasteiger partial charge < -0.3 is 0 Å². The summed E-state index contributed by atoms with van der Waals surface area (Å²) in [5.74, 6) is 1.87. The molecule has 0 amide bonds. The third-order valence-corrected chi connectivity index (χ3v) is 16.7. The van der Waals surface area contributed by atoms with Crippen LogP contribution in [0.15, 0.2) is 155 Å². The molecule has 54 heavy (non-hydrogen) atoms. The number of hydrogen-bond acceptors (Lipinski definition) is 14. The molecule has 0 spiro atoms. The molecule has 0 aliphatic carbocycles. The monoisotopic (exact) mass is 848 g/mol. The molecule has 11 N–H and O–H groups in total. The first-order valence-electron chi connectivity index (χ1n) is 16.2. The van der Waals surface area contributed by atoms with E-state index in [2.05, 4.69) is 20.8 Å². The Bertz CT molecular complexity index is 2100. The van der Waals surface area contributed by atoms with Crippen LogP contribution < -0.4 is 61.0 Å². The van der Waals surface area contributed by atoms with Gasteiger partial charge in [-0.3, -0.25) is 0 Å². The van der Waals surface area contributed by atoms with Crippen LogP contribution in [0.5, 0.6) is 34.5 Å². The van der Waals surface area contributed by atoms with E-state index in [4.69, 9.17) is 60.6 Å². The van der Waals surface area contributed by atoms with Gasteiger partial charge in [-0.05, 0) is 0 Å². The number of anilines is 5. The molecule has 1 atom stereocenters. The zero-order valence-corrected chi connectivity index (χ0v) is 32.7. The summed E-state index contributed by atoms with van der Waals surface area (Å²) in [6.07, 6.45) is 0. The third-order valence-electron chi connectivity index (χ3n) is 7.57. The molecule has 0 saturated heterocycles. The van der Waals surface area contributed by atoms with Crippen LogP contribution in [0.3, 0.4) is 0 Å². The molecule has 1 heterocycles. The Kier molecular flexibility index (Phi) is 10.4. The van der Waals surface area contributed by atoms with Gasteiger partial charge in [-0.15, -0.1) is 0 Å². The number of nitrogens with two attached hydrogens (primary N) is 5. The zero-order valence-electron chi connectivity index (χ0n) is 28.4. The van der Waals surface area contributed by atoms with Gasteiger partial charge in [-0.25, -0.2) is 0 Å². The maximum absolute atomic E-state index is 7.17. The minimum atomic E-state index is -5.44. The van der Waals surface area contributed by atoms with Gasteiger partial charge in [-0.1, -0.05) is 0 Å². The Balaban J connectivity index is 1.56. The van der Waals surface area contributed by atoms with Gasteiger partial charge in [0.05, 0.1) is 0 Å². The second-order valence-corrected chi connectivity index (χ2v) is 19.2. The van der Waals surface area contributed by atoms with Crippen molar-refractivity contribution in [1.29, 1.82) is 0 Å². The van der Waals surface area contributed by atoms with Crippen molar-refractivity contribution in [3.63, 3.8) is 0 Å². The summed E-state index contributed by atoms with van der Waals surface area (Å²) < 4.78 is 42.5. The molecule has 0 aromatic heterocycles. The van der Waals surface area contributed by atoms with E-state index in [1.54, 1.807) is 133 Å². The molecule has 0 fully saturated rings. The molecule has 18 heteroatoms. The van der Waals surface area contributed by atoms with Crippen LogP contribution >= 0.6 is 40.1 Å². The Morgan fingerprint density at radius 3 is 1.17 bits per heavy atom. The average molecular weight is 850 g/mol. The molecule has 0 radical (unpaired) electrons. The number of nitrogens with zero attached hydrogens (tertiary/aromatic N) is 2. The van der Waals surface area contributed by atoms with Crippen LogP contribution in [0.4, 0.5) is 28.4 Å². The van der Waals surface area contributed by atoms with Crippen LogP contribution in [-0.4, -0.2) is 4.60 Å². The van der Waals surface area contributed by atoms with E-state index < -0.39 is 24.1 Å². The molecule has 0 bridgehead atoms. The van der Waals surface area contributed by atoms with Crippen molar-refractivity contribution in [1.82, 2.24) is 9.46 Å². The van der Waals surface area contributed by atoms with Crippen molar-refractivity contribution in [3.05, 3.63) is 150 Å². The Hall–Kier alpha value is -5.39. The Morgan fingerprint density at radius 2 is 0.796 bits per heavy atom. The number of nitrogen functional groups attached to an aromatic ring is 5. The molecule has 6 aromatic rings. The fourth-order valence-corrected chi connectivity index (χ4v) is 14.6. The summed E-state index contributed by atoms with van der Waals surface area (Å²) >= 11 is 3.52. The summed E-state index contributed by atoms with van der Waals surface area (Å²) in [5.41, 5.74) is 33.1. The second kappa shape index (κ2) is 15.2. The molecule has 1 aliphatic heterocycles. The second-order valence-electron chi connectivity index (χ2n) is 11.8. The van der Waals surface area contributed by atoms with Crippen LogP contribution in [0.2, 0.25) is 0 Å². The van der Waals surface area contributed by atoms with Crippen LogP contribution in [-0.2, 0) is 0 Å². The molecular weight excluding hydrogens is 813 g/mol. The number of nitrogens with one attached hydrogen (secondary N) is 1. The molecule has 7 rings (SSSR count). The van der Waals surface area contributed by atoms with Crippen LogP contribution in [0, 0.1) is 0 Å². The van der Waals surface area contributed by atoms with E-state index in [1.807, 2.05) is 12.1 Å². The Morgan fingerprint density at radius 1 is 0.481 bits per heavy atom. The zero-order chi connectivity index (χ0) is 37.8. The van der Waals surface area contributed by atoms with Crippen molar-refractivity contribution >= 4 is 68.5 Å². The average Bonchev–Trinajstić information content (AvgIpc) is 3.16. The SMILES string of the molecule is Nc1ccc(ON2P(Oc3ccc(N)cc3)(Oc3ccc(N)cc3)=NPNP2(Oc2ccc(N)cc2)(Oc2ccc(N)cc2)Oc2ccc(Br)cc2)cc1. The predicted molar refractivity (Wildman–Crippen MR) is 222 cm³/mol. The molecule has 14 nitrogen and oxygen atoms in total. The number of benzene rings is 6. The summed E-state index contributed by atoms with van der Waals surface area (Å²) in [6.45, 7) is 0. The minimum absolute atomic E-state index is 0.285. The third kappa shape index (κ3) is 8.07. The molecule has 1 aliphatic rings. The van der Waals surface area contributed by atoms with E-state index in [0.717, 1.165) is 4.47 Å². The fourth-order valence-electron chi connectivity index (χ4n) is 4.99. The number of hydrogen-bond donors (Lipinski definition) is 6. The molecule has 6 aromatic carbocycles. The van der Waals surface area contributed by atoms with Crippen LogP contribution in [0.25, 0.3) is 0 Å². The van der Waals surface area contributed by atoms with Gasteiger partial charge in [0.15, 0.2) is 0 Å². The van der Waals surface area contributed by atoms with Gasteiger partial charge >= 0.3 is 323 Å². The quantitative estimate of drug-likeness (QED) is 0.0501. The topological polar surface area (TPSA) is 213 Å². The van der Waals surface area contributed by atoms with Crippen LogP contribution in [0.1, 0.15) is 0 Å². The van der Waals surface area contributed by atoms with Crippen molar-refractivity contribution in [2.24, 2.45) is 4.52 Å². The molecule has 278 valence electrons. The van der Waals surface area contributed by atoms with E-state index in [1.165, 1.54) is 4.60 Å². The number of halogens is 1. The first kappa shape index (κ1) is 36.9. The first-order chi connectivity index (χ1) is 26.0. The summed E-state index contributed by atoms with van der Waals surface area (Å²) in [4.78, 5) is 10.3. The van der Waals surface area contributed by atoms with Crippen molar-refractivity contribution in [2.75, 3.05) is 28.7 Å². The standard InChI is InChI=1S/C36H36BrN8O6P3/c37-25-1-13-34(14-2-25)49-54(50-35-21-9-29(41)10-22-35,51-36-23-11-30(42)12-24-36)44-52-43-53(47-32-17-5-27(39)6-18-32,48-33-19-7-28(40)8-20-33)45(54)46-31-15-3-26(38)4-16-31/h1-24,44,52H,38-42H2. The number of rotatable bonds is 12. The van der Waals surface area contributed by atoms with Gasteiger partial charge in [0, 0.05) is 0 Å². The van der Waals surface area contributed by atoms with Crippen molar-refractivity contribution in [2.45, 2.75) is 0 Å². The Labute approximate surface area is 322 Å². The summed E-state index contributed by atoms with van der Waals surface area (Å²) in [5, 5.41) is 0. The summed E-state index contributed by atoms with van der Waals surface area (Å²) in [6, 6.07) is 40.8. The van der Waals surface area contributed by atoms with Crippen molar-refractivity contribution < 1.29 is 27.5 Å². The van der Waals surface area contributed by atoms with Gasteiger partial charge in [0.1, 0.15) is 0 Å². The van der Waals surface area contributed by atoms with E-state index >= 15 is 0 Å². The fraction of sp³-hybridized carbons (Fsp3) is 0. The van der Waals surface area contributed by atoms with Gasteiger partial charge in [0.25, 0.3) is 0 Å². The molecule has 0 saturated carbocycles. The van der Waals surface area contributed by atoms with Gasteiger partial charge in [0.2, 0.25) is 0 Å².